The van der Waals surface area contributed by atoms with Gasteiger partial charge in [0.1, 0.15) is 24.7 Å². The lowest BCUT2D eigenvalue weighted by Crippen LogP contribution is -2.17. The summed E-state index contributed by atoms with van der Waals surface area (Å²) in [5.74, 6) is -1.49. The van der Waals surface area contributed by atoms with Crippen LogP contribution in [0.1, 0.15) is 35.6 Å². The third-order valence-corrected chi connectivity index (χ3v) is 6.24. The number of benzene rings is 2. The lowest BCUT2D eigenvalue weighted by Gasteiger charge is -2.19. The molecule has 5 rings (SSSR count). The molecule has 1 aliphatic carbocycles. The predicted molar refractivity (Wildman–Crippen MR) is 127 cm³/mol. The standard InChI is InChI=1S/C27H20F6N2O4/c28-26(29,30)21-12-22(15-3-6-18(7-4-15)39-27(31,32)33)34-25(17-1-2-17)20(21)14-38-19-8-5-16-9-10-35(13-24(36)37)23(16)11-19/h3-12,17H,1-2,13-14H2,(H,36,37). The SMILES string of the molecule is O=C(O)Cn1ccc2ccc(OCc3c(C(F)(F)F)cc(-c4ccc(OC(F)(F)F)cc4)nc3C3CC3)cc21. The van der Waals surface area contributed by atoms with Gasteiger partial charge in [-0.05, 0) is 66.8 Å². The molecule has 0 bridgehead atoms. The average Bonchev–Trinajstić information content (AvgIpc) is 3.63. The Balaban J connectivity index is 1.48. The average molecular weight is 550 g/mol. The summed E-state index contributed by atoms with van der Waals surface area (Å²) in [6, 6.07) is 11.9. The fraction of sp³-hybridized carbons (Fsp3) is 0.259. The highest BCUT2D eigenvalue weighted by Crippen LogP contribution is 2.45. The van der Waals surface area contributed by atoms with Crippen molar-refractivity contribution in [1.29, 1.82) is 0 Å². The highest BCUT2D eigenvalue weighted by atomic mass is 19.4. The molecule has 0 amide bonds. The summed E-state index contributed by atoms with van der Waals surface area (Å²) in [5, 5.41) is 9.85. The van der Waals surface area contributed by atoms with E-state index in [2.05, 4.69) is 9.72 Å². The number of ether oxygens (including phenoxy) is 2. The first-order chi connectivity index (χ1) is 18.4. The number of carbonyl (C=O) groups is 1. The molecule has 2 heterocycles. The van der Waals surface area contributed by atoms with Gasteiger partial charge in [-0.25, -0.2) is 0 Å². The Morgan fingerprint density at radius 3 is 2.28 bits per heavy atom. The molecule has 0 spiro atoms. The van der Waals surface area contributed by atoms with Crippen molar-refractivity contribution >= 4 is 16.9 Å². The van der Waals surface area contributed by atoms with Gasteiger partial charge >= 0.3 is 18.5 Å². The van der Waals surface area contributed by atoms with Crippen LogP contribution < -0.4 is 9.47 Å². The summed E-state index contributed by atoms with van der Waals surface area (Å²) in [6.07, 6.45) is -6.76. The number of aliphatic carboxylic acids is 1. The Morgan fingerprint density at radius 2 is 1.67 bits per heavy atom. The highest BCUT2D eigenvalue weighted by molar-refractivity contribution is 5.83. The molecule has 4 aromatic rings. The van der Waals surface area contributed by atoms with Crippen molar-refractivity contribution in [2.24, 2.45) is 0 Å². The second-order valence-electron chi connectivity index (χ2n) is 9.11. The first-order valence-corrected chi connectivity index (χ1v) is 11.8. The summed E-state index contributed by atoms with van der Waals surface area (Å²) in [5.41, 5.74) is -0.105. The molecule has 1 aliphatic rings. The van der Waals surface area contributed by atoms with Crippen molar-refractivity contribution in [3.63, 3.8) is 0 Å². The summed E-state index contributed by atoms with van der Waals surface area (Å²) in [4.78, 5) is 15.6. The van der Waals surface area contributed by atoms with Crippen LogP contribution >= 0.6 is 0 Å². The molecule has 204 valence electrons. The van der Waals surface area contributed by atoms with E-state index in [1.165, 1.54) is 16.7 Å². The number of fused-ring (bicyclic) bond motifs is 1. The van der Waals surface area contributed by atoms with E-state index in [1.807, 2.05) is 0 Å². The number of pyridine rings is 1. The molecule has 0 aliphatic heterocycles. The van der Waals surface area contributed by atoms with E-state index in [-0.39, 0.29) is 40.7 Å². The van der Waals surface area contributed by atoms with Crippen molar-refractivity contribution < 1.29 is 45.7 Å². The van der Waals surface area contributed by atoms with E-state index in [0.29, 0.717) is 18.4 Å². The van der Waals surface area contributed by atoms with E-state index in [0.717, 1.165) is 23.6 Å². The van der Waals surface area contributed by atoms with Gasteiger partial charge in [-0.3, -0.25) is 9.78 Å². The van der Waals surface area contributed by atoms with Gasteiger partial charge in [-0.15, -0.1) is 13.2 Å². The fourth-order valence-electron chi connectivity index (χ4n) is 4.36. The molecule has 0 unspecified atom stereocenters. The molecular weight excluding hydrogens is 530 g/mol. The molecule has 0 saturated heterocycles. The molecule has 12 heteroatoms. The van der Waals surface area contributed by atoms with Crippen LogP contribution in [0.25, 0.3) is 22.2 Å². The monoisotopic (exact) mass is 550 g/mol. The van der Waals surface area contributed by atoms with Gasteiger partial charge in [-0.1, -0.05) is 0 Å². The number of carboxylic acids is 1. The van der Waals surface area contributed by atoms with Gasteiger partial charge in [0.2, 0.25) is 0 Å². The van der Waals surface area contributed by atoms with E-state index in [1.54, 1.807) is 30.5 Å². The number of rotatable bonds is 8. The van der Waals surface area contributed by atoms with E-state index >= 15 is 0 Å². The lowest BCUT2D eigenvalue weighted by atomic mass is 9.99. The Morgan fingerprint density at radius 1 is 0.974 bits per heavy atom. The maximum Gasteiger partial charge on any atom is 0.573 e. The topological polar surface area (TPSA) is 73.6 Å². The molecule has 6 nitrogen and oxygen atoms in total. The summed E-state index contributed by atoms with van der Waals surface area (Å²) in [6.45, 7) is -0.719. The van der Waals surface area contributed by atoms with Crippen LogP contribution in [-0.2, 0) is 24.1 Å². The van der Waals surface area contributed by atoms with Crippen molar-refractivity contribution in [3.05, 3.63) is 77.6 Å². The first-order valence-electron chi connectivity index (χ1n) is 11.8. The number of alkyl halides is 6. The number of nitrogens with zero attached hydrogens (tertiary/aromatic N) is 2. The molecule has 39 heavy (non-hydrogen) atoms. The zero-order chi connectivity index (χ0) is 27.9. The predicted octanol–water partition coefficient (Wildman–Crippen LogP) is 7.16. The van der Waals surface area contributed by atoms with Crippen LogP contribution in [-0.4, -0.2) is 27.0 Å². The minimum Gasteiger partial charge on any atom is -0.489 e. The van der Waals surface area contributed by atoms with Crippen LogP contribution in [0.5, 0.6) is 11.5 Å². The van der Waals surface area contributed by atoms with Crippen LogP contribution in [0.3, 0.4) is 0 Å². The molecule has 0 radical (unpaired) electrons. The largest absolute Gasteiger partial charge is 0.573 e. The molecule has 1 N–H and O–H groups in total. The maximum absolute atomic E-state index is 14.2. The fourth-order valence-corrected chi connectivity index (χ4v) is 4.36. The number of hydrogen-bond donors (Lipinski definition) is 1. The lowest BCUT2D eigenvalue weighted by molar-refractivity contribution is -0.274. The van der Waals surface area contributed by atoms with E-state index in [9.17, 15) is 31.1 Å². The second kappa shape index (κ2) is 9.83. The molecule has 2 aromatic carbocycles. The quantitative estimate of drug-likeness (QED) is 0.236. The smallest absolute Gasteiger partial charge is 0.489 e. The summed E-state index contributed by atoms with van der Waals surface area (Å²) >= 11 is 0. The van der Waals surface area contributed by atoms with Crippen molar-refractivity contribution in [3.8, 4) is 22.8 Å². The van der Waals surface area contributed by atoms with Gasteiger partial charge < -0.3 is 19.1 Å². The Labute approximate surface area is 217 Å². The zero-order valence-corrected chi connectivity index (χ0v) is 20.0. The van der Waals surface area contributed by atoms with Crippen LogP contribution in [0.4, 0.5) is 26.3 Å². The minimum atomic E-state index is -4.89. The summed E-state index contributed by atoms with van der Waals surface area (Å²) < 4.78 is 91.2. The first kappa shape index (κ1) is 26.4. The van der Waals surface area contributed by atoms with Gasteiger partial charge in [0.05, 0.1) is 22.5 Å². The van der Waals surface area contributed by atoms with E-state index in [4.69, 9.17) is 9.84 Å². The Hall–Kier alpha value is -4.22. The van der Waals surface area contributed by atoms with Crippen molar-refractivity contribution in [2.75, 3.05) is 0 Å². The minimum absolute atomic E-state index is 0.0283. The van der Waals surface area contributed by atoms with Gasteiger partial charge in [0.15, 0.2) is 0 Å². The molecule has 0 atom stereocenters. The van der Waals surface area contributed by atoms with Crippen molar-refractivity contribution in [1.82, 2.24) is 9.55 Å². The molecular formula is C27H20F6N2O4. The van der Waals surface area contributed by atoms with Gasteiger partial charge in [-0.2, -0.15) is 13.2 Å². The van der Waals surface area contributed by atoms with Gasteiger partial charge in [0, 0.05) is 29.3 Å². The van der Waals surface area contributed by atoms with Gasteiger partial charge in [0.25, 0.3) is 0 Å². The molecule has 1 saturated carbocycles. The summed E-state index contributed by atoms with van der Waals surface area (Å²) in [7, 11) is 0. The number of aromatic nitrogens is 2. The third kappa shape index (κ3) is 6.10. The molecule has 2 aromatic heterocycles. The third-order valence-electron chi connectivity index (χ3n) is 6.24. The Bertz CT molecular complexity index is 1520. The maximum atomic E-state index is 14.2. The normalized spacial score (nSPS) is 14.0. The van der Waals surface area contributed by atoms with Crippen LogP contribution in [0.15, 0.2) is 60.8 Å². The van der Waals surface area contributed by atoms with Crippen LogP contribution in [0, 0.1) is 0 Å². The van der Waals surface area contributed by atoms with E-state index < -0.39 is 36.4 Å². The zero-order valence-electron chi connectivity index (χ0n) is 20.0. The van der Waals surface area contributed by atoms with Crippen molar-refractivity contribution in [2.45, 2.75) is 44.4 Å². The second-order valence-corrected chi connectivity index (χ2v) is 9.11. The highest BCUT2D eigenvalue weighted by Gasteiger charge is 2.39. The number of hydrogen-bond acceptors (Lipinski definition) is 4. The number of halogens is 6. The molecule has 1 fully saturated rings. The number of carboxylic acid groups (broad SMARTS) is 1. The Kier molecular flexibility index (Phi) is 6.65. The van der Waals surface area contributed by atoms with Crippen LogP contribution in [0.2, 0.25) is 0 Å².